The molecule has 2 fully saturated rings. The van der Waals surface area contributed by atoms with Crippen LogP contribution in [0, 0.1) is 0 Å². The van der Waals surface area contributed by atoms with E-state index in [2.05, 4.69) is 10.6 Å². The zero-order chi connectivity index (χ0) is 31.4. The van der Waals surface area contributed by atoms with Gasteiger partial charge >= 0.3 is 18.0 Å². The summed E-state index contributed by atoms with van der Waals surface area (Å²) in [5.41, 5.74) is 1.33. The average molecular weight is 604 g/mol. The number of hydrogen-bond acceptors (Lipinski definition) is 9. The van der Waals surface area contributed by atoms with Gasteiger partial charge in [-0.15, -0.1) is 0 Å². The molecule has 0 spiro atoms. The number of nitrogens with one attached hydrogen (secondary N) is 2. The lowest BCUT2D eigenvalue weighted by Crippen LogP contribution is -2.50. The first-order valence-corrected chi connectivity index (χ1v) is 14.3. The van der Waals surface area contributed by atoms with E-state index < -0.39 is 54.2 Å². The maximum atomic E-state index is 13.9. The summed E-state index contributed by atoms with van der Waals surface area (Å²) in [6, 6.07) is 22.0. The Morgan fingerprint density at radius 1 is 0.864 bits per heavy atom. The molecule has 2 saturated heterocycles. The second-order valence-corrected chi connectivity index (χ2v) is 11.5. The minimum absolute atomic E-state index is 0.158. The van der Waals surface area contributed by atoms with Crippen molar-refractivity contribution in [2.75, 3.05) is 20.8 Å². The van der Waals surface area contributed by atoms with Gasteiger partial charge in [-0.3, -0.25) is 10.2 Å². The predicted molar refractivity (Wildman–Crippen MR) is 160 cm³/mol. The Bertz CT molecular complexity index is 1480. The van der Waals surface area contributed by atoms with Crippen LogP contribution < -0.4 is 20.1 Å². The number of methoxy groups -OCH3 is 2. The summed E-state index contributed by atoms with van der Waals surface area (Å²) in [6.07, 6.45) is -3.98. The molecule has 232 valence electrons. The molecule has 0 aliphatic carbocycles. The molecule has 5 atom stereocenters. The van der Waals surface area contributed by atoms with E-state index in [1.807, 2.05) is 57.2 Å². The van der Waals surface area contributed by atoms with E-state index in [1.54, 1.807) is 42.5 Å². The lowest BCUT2D eigenvalue weighted by Gasteiger charge is -2.33. The third-order valence-corrected chi connectivity index (χ3v) is 7.27. The van der Waals surface area contributed by atoms with Crippen molar-refractivity contribution in [1.29, 1.82) is 0 Å². The monoisotopic (exact) mass is 603 g/mol. The summed E-state index contributed by atoms with van der Waals surface area (Å²) < 4.78 is 28.6. The van der Waals surface area contributed by atoms with Crippen LogP contribution in [0.1, 0.15) is 56.0 Å². The zero-order valence-electron chi connectivity index (χ0n) is 25.3. The largest absolute Gasteiger partial charge is 0.497 e. The maximum Gasteiger partial charge on any atom is 0.345 e. The maximum absolute atomic E-state index is 13.9. The van der Waals surface area contributed by atoms with Crippen LogP contribution in [-0.4, -0.2) is 61.4 Å². The molecule has 2 amide bonds. The molecule has 2 heterocycles. The summed E-state index contributed by atoms with van der Waals surface area (Å²) in [5.74, 6) is -0.877. The van der Waals surface area contributed by atoms with Gasteiger partial charge in [0.1, 0.15) is 17.7 Å². The lowest BCUT2D eigenvalue weighted by molar-refractivity contribution is -0.174. The molecule has 0 saturated carbocycles. The molecule has 5 unspecified atom stereocenters. The second-order valence-electron chi connectivity index (χ2n) is 11.5. The summed E-state index contributed by atoms with van der Waals surface area (Å²) in [7, 11) is 3.02. The van der Waals surface area contributed by atoms with Crippen molar-refractivity contribution in [3.05, 3.63) is 95.6 Å². The number of carbonyl (C=O) groups is 3. The summed E-state index contributed by atoms with van der Waals surface area (Å²) in [6.45, 7) is 5.71. The van der Waals surface area contributed by atoms with Crippen LogP contribution in [0.15, 0.2) is 78.9 Å². The summed E-state index contributed by atoms with van der Waals surface area (Å²) in [5, 5.41) is 6.10. The standard InChI is InChI=1S/C33H37N3O8/c1-33(2,3)35-32(39)36-26(20-12-8-6-9-13-20)27(43-29(36)23-17-16-22(40-4)18-24(23)41-5)31(38)44-30(37)25-19-34-28(42-25)21-14-10-7-11-15-21/h6-18,25-29,34H,19H2,1-5H3,(H,35,39). The van der Waals surface area contributed by atoms with Crippen LogP contribution in [0.5, 0.6) is 11.5 Å². The number of nitrogens with zero attached hydrogens (tertiary/aromatic N) is 1. The van der Waals surface area contributed by atoms with Crippen molar-refractivity contribution in [3.63, 3.8) is 0 Å². The number of hydrogen-bond donors (Lipinski definition) is 2. The van der Waals surface area contributed by atoms with Gasteiger partial charge in [0, 0.05) is 23.7 Å². The second kappa shape index (κ2) is 13.0. The Kier molecular flexibility index (Phi) is 9.19. The Labute approximate surface area is 256 Å². The van der Waals surface area contributed by atoms with Crippen molar-refractivity contribution >= 4 is 18.0 Å². The third-order valence-electron chi connectivity index (χ3n) is 7.27. The quantitative estimate of drug-likeness (QED) is 0.299. The van der Waals surface area contributed by atoms with E-state index >= 15 is 0 Å². The highest BCUT2D eigenvalue weighted by Crippen LogP contribution is 2.46. The van der Waals surface area contributed by atoms with E-state index in [1.165, 1.54) is 19.1 Å². The van der Waals surface area contributed by atoms with Gasteiger partial charge in [-0.1, -0.05) is 60.7 Å². The van der Waals surface area contributed by atoms with E-state index in [0.29, 0.717) is 22.6 Å². The number of benzene rings is 3. The SMILES string of the molecule is COc1ccc(C2OC(C(=O)OC(=O)C3CNC(c4ccccc4)O3)C(c3ccccc3)N2C(=O)NC(C)(C)C)c(OC)c1. The lowest BCUT2D eigenvalue weighted by atomic mass is 10.00. The minimum atomic E-state index is -1.36. The molecule has 0 radical (unpaired) electrons. The number of ether oxygens (including phenoxy) is 5. The highest BCUT2D eigenvalue weighted by atomic mass is 16.6. The first-order chi connectivity index (χ1) is 21.1. The van der Waals surface area contributed by atoms with Crippen molar-refractivity contribution in [2.24, 2.45) is 0 Å². The smallest absolute Gasteiger partial charge is 0.345 e. The van der Waals surface area contributed by atoms with Crippen LogP contribution in [0.25, 0.3) is 0 Å². The number of amides is 2. The summed E-state index contributed by atoms with van der Waals surface area (Å²) >= 11 is 0. The Hall–Kier alpha value is -4.45. The molecule has 0 bridgehead atoms. The topological polar surface area (TPSA) is 125 Å². The van der Waals surface area contributed by atoms with Crippen molar-refractivity contribution < 1.29 is 38.1 Å². The molecule has 11 heteroatoms. The highest BCUT2D eigenvalue weighted by molar-refractivity contribution is 5.91. The van der Waals surface area contributed by atoms with Gasteiger partial charge in [-0.25, -0.2) is 14.4 Å². The van der Waals surface area contributed by atoms with Gasteiger partial charge in [0.2, 0.25) is 0 Å². The Morgan fingerprint density at radius 3 is 2.14 bits per heavy atom. The third kappa shape index (κ3) is 6.70. The number of carbonyl (C=O) groups excluding carboxylic acids is 3. The predicted octanol–water partition coefficient (Wildman–Crippen LogP) is 4.41. The number of rotatable bonds is 7. The van der Waals surface area contributed by atoms with Crippen LogP contribution in [-0.2, 0) is 23.8 Å². The molecule has 2 N–H and O–H groups in total. The van der Waals surface area contributed by atoms with E-state index in [9.17, 15) is 14.4 Å². The van der Waals surface area contributed by atoms with Crippen LogP contribution in [0.3, 0.4) is 0 Å². The van der Waals surface area contributed by atoms with Crippen molar-refractivity contribution in [3.8, 4) is 11.5 Å². The molecule has 0 aromatic heterocycles. The average Bonchev–Trinajstić information content (AvgIpc) is 3.67. The molecule has 2 aliphatic rings. The first kappa shape index (κ1) is 31.0. The van der Waals surface area contributed by atoms with Gasteiger partial charge in [0.15, 0.2) is 18.4 Å². The van der Waals surface area contributed by atoms with Crippen LogP contribution in [0.2, 0.25) is 0 Å². The van der Waals surface area contributed by atoms with Gasteiger partial charge < -0.3 is 29.0 Å². The molecule has 44 heavy (non-hydrogen) atoms. The van der Waals surface area contributed by atoms with Crippen LogP contribution in [0.4, 0.5) is 4.79 Å². The van der Waals surface area contributed by atoms with Gasteiger partial charge in [0.25, 0.3) is 0 Å². The van der Waals surface area contributed by atoms with Gasteiger partial charge in [-0.2, -0.15) is 0 Å². The van der Waals surface area contributed by atoms with E-state index in [0.717, 1.165) is 5.56 Å². The first-order valence-electron chi connectivity index (χ1n) is 14.3. The van der Waals surface area contributed by atoms with Gasteiger partial charge in [0.05, 0.1) is 20.3 Å². The molecular formula is C33H37N3O8. The van der Waals surface area contributed by atoms with Crippen molar-refractivity contribution in [2.45, 2.75) is 57.0 Å². The zero-order valence-corrected chi connectivity index (χ0v) is 25.3. The fourth-order valence-corrected chi connectivity index (χ4v) is 5.27. The van der Waals surface area contributed by atoms with Crippen molar-refractivity contribution in [1.82, 2.24) is 15.5 Å². The fourth-order valence-electron chi connectivity index (χ4n) is 5.27. The normalized spacial score (nSPS) is 23.2. The number of esters is 2. The van der Waals surface area contributed by atoms with Crippen LogP contribution >= 0.6 is 0 Å². The fraction of sp³-hybridized carbons (Fsp3) is 0.364. The molecule has 3 aromatic carbocycles. The molecule has 5 rings (SSSR count). The summed E-state index contributed by atoms with van der Waals surface area (Å²) in [4.78, 5) is 42.3. The minimum Gasteiger partial charge on any atom is -0.497 e. The molecule has 3 aromatic rings. The van der Waals surface area contributed by atoms with E-state index in [-0.39, 0.29) is 6.54 Å². The Balaban J connectivity index is 1.47. The molecule has 2 aliphatic heterocycles. The van der Waals surface area contributed by atoms with E-state index in [4.69, 9.17) is 23.7 Å². The van der Waals surface area contributed by atoms with Gasteiger partial charge in [-0.05, 0) is 44.0 Å². The highest BCUT2D eigenvalue weighted by Gasteiger charge is 2.52. The molecular weight excluding hydrogens is 566 g/mol. The number of urea groups is 1. The Morgan fingerprint density at radius 2 is 1.52 bits per heavy atom. The molecule has 11 nitrogen and oxygen atoms in total.